The van der Waals surface area contributed by atoms with Crippen LogP contribution in [0.15, 0.2) is 35.5 Å². The standard InChI is InChI=1S/C10H6Cl2N4O4S/c11-6-1-2-8(7(3-6)16(17)18)21(19,20)15-10-5-13-4-9(12)14-10/h1-5H,(H,14,15). The Morgan fingerprint density at radius 1 is 1.24 bits per heavy atom. The molecule has 110 valence electrons. The molecule has 21 heavy (non-hydrogen) atoms. The van der Waals surface area contributed by atoms with Crippen molar-refractivity contribution in [2.45, 2.75) is 4.90 Å². The molecular formula is C10H6Cl2N4O4S. The molecule has 0 aliphatic rings. The third-order valence-electron chi connectivity index (χ3n) is 2.25. The zero-order chi connectivity index (χ0) is 15.6. The van der Waals surface area contributed by atoms with Crippen molar-refractivity contribution in [2.75, 3.05) is 4.72 Å². The number of nitrogens with zero attached hydrogens (tertiary/aromatic N) is 3. The van der Waals surface area contributed by atoms with E-state index in [4.69, 9.17) is 23.2 Å². The normalized spacial score (nSPS) is 11.1. The Morgan fingerprint density at radius 2 is 1.95 bits per heavy atom. The largest absolute Gasteiger partial charge is 0.291 e. The first-order valence-electron chi connectivity index (χ1n) is 5.24. The highest BCUT2D eigenvalue weighted by molar-refractivity contribution is 7.92. The summed E-state index contributed by atoms with van der Waals surface area (Å²) in [6, 6.07) is 3.20. The van der Waals surface area contributed by atoms with Crippen LogP contribution in [0.1, 0.15) is 0 Å². The van der Waals surface area contributed by atoms with E-state index in [1.807, 2.05) is 0 Å². The molecule has 0 radical (unpaired) electrons. The summed E-state index contributed by atoms with van der Waals surface area (Å²) in [5.74, 6) is -0.160. The van der Waals surface area contributed by atoms with E-state index in [2.05, 4.69) is 14.7 Å². The summed E-state index contributed by atoms with van der Waals surface area (Å²) >= 11 is 11.2. The number of aromatic nitrogens is 2. The molecular weight excluding hydrogens is 343 g/mol. The first-order valence-corrected chi connectivity index (χ1v) is 7.48. The summed E-state index contributed by atoms with van der Waals surface area (Å²) in [5.41, 5.74) is -0.648. The minimum Gasteiger partial charge on any atom is -0.262 e. The number of anilines is 1. The van der Waals surface area contributed by atoms with Crippen LogP contribution in [0.25, 0.3) is 0 Å². The van der Waals surface area contributed by atoms with Crippen LogP contribution in [0.2, 0.25) is 10.2 Å². The highest BCUT2D eigenvalue weighted by atomic mass is 35.5. The summed E-state index contributed by atoms with van der Waals surface area (Å²) in [6.45, 7) is 0. The SMILES string of the molecule is O=[N+]([O-])c1cc(Cl)ccc1S(=O)(=O)Nc1cncc(Cl)n1. The summed E-state index contributed by atoms with van der Waals surface area (Å²) < 4.78 is 26.4. The molecule has 2 aromatic rings. The summed E-state index contributed by atoms with van der Waals surface area (Å²) in [6.07, 6.45) is 2.33. The molecule has 1 N–H and O–H groups in total. The van der Waals surface area contributed by atoms with Crippen LogP contribution in [-0.2, 0) is 10.0 Å². The van der Waals surface area contributed by atoms with Crippen molar-refractivity contribution in [3.63, 3.8) is 0 Å². The molecule has 0 atom stereocenters. The monoisotopic (exact) mass is 348 g/mol. The van der Waals surface area contributed by atoms with Gasteiger partial charge in [-0.3, -0.25) is 19.8 Å². The Morgan fingerprint density at radius 3 is 2.57 bits per heavy atom. The van der Waals surface area contributed by atoms with Gasteiger partial charge in [0.05, 0.1) is 17.3 Å². The van der Waals surface area contributed by atoms with Crippen LogP contribution in [0.4, 0.5) is 11.5 Å². The average Bonchev–Trinajstić information content (AvgIpc) is 2.37. The van der Waals surface area contributed by atoms with Crippen molar-refractivity contribution in [1.82, 2.24) is 9.97 Å². The topological polar surface area (TPSA) is 115 Å². The van der Waals surface area contributed by atoms with Crippen molar-refractivity contribution in [1.29, 1.82) is 0 Å². The summed E-state index contributed by atoms with van der Waals surface area (Å²) in [7, 11) is -4.23. The van der Waals surface area contributed by atoms with Crippen molar-refractivity contribution >= 4 is 44.7 Å². The van der Waals surface area contributed by atoms with Crippen LogP contribution in [0, 0.1) is 10.1 Å². The number of nitro groups is 1. The average molecular weight is 349 g/mol. The second-order valence-electron chi connectivity index (χ2n) is 3.70. The van der Waals surface area contributed by atoms with Gasteiger partial charge in [0, 0.05) is 11.1 Å². The molecule has 0 fully saturated rings. The van der Waals surface area contributed by atoms with Gasteiger partial charge in [-0.1, -0.05) is 23.2 Å². The second-order valence-corrected chi connectivity index (χ2v) is 6.18. The van der Waals surface area contributed by atoms with Gasteiger partial charge in [0.1, 0.15) is 5.15 Å². The molecule has 1 aromatic heterocycles. The first kappa shape index (κ1) is 15.4. The Balaban J connectivity index is 2.47. The van der Waals surface area contributed by atoms with E-state index in [1.54, 1.807) is 0 Å². The van der Waals surface area contributed by atoms with Gasteiger partial charge in [-0.15, -0.1) is 0 Å². The summed E-state index contributed by atoms with van der Waals surface area (Å²) in [4.78, 5) is 16.9. The lowest BCUT2D eigenvalue weighted by atomic mass is 10.3. The van der Waals surface area contributed by atoms with Gasteiger partial charge in [0.15, 0.2) is 10.7 Å². The maximum absolute atomic E-state index is 12.2. The van der Waals surface area contributed by atoms with E-state index in [-0.39, 0.29) is 16.0 Å². The molecule has 0 spiro atoms. The van der Waals surface area contributed by atoms with Gasteiger partial charge in [-0.05, 0) is 12.1 Å². The number of benzene rings is 1. The Hall–Kier alpha value is -1.97. The highest BCUT2D eigenvalue weighted by Gasteiger charge is 2.26. The fourth-order valence-corrected chi connectivity index (χ4v) is 2.90. The predicted molar refractivity (Wildman–Crippen MR) is 76.0 cm³/mol. The smallest absolute Gasteiger partial charge is 0.262 e. The summed E-state index contributed by atoms with van der Waals surface area (Å²) in [5, 5.41) is 11.0. The number of sulfonamides is 1. The van der Waals surface area contributed by atoms with Crippen LogP contribution >= 0.6 is 23.2 Å². The third kappa shape index (κ3) is 3.57. The third-order valence-corrected chi connectivity index (χ3v) is 4.07. The molecule has 1 aromatic carbocycles. The molecule has 11 heteroatoms. The maximum Gasteiger partial charge on any atom is 0.291 e. The molecule has 0 aliphatic carbocycles. The fourth-order valence-electron chi connectivity index (χ4n) is 1.44. The van der Waals surface area contributed by atoms with Gasteiger partial charge < -0.3 is 0 Å². The number of hydrogen-bond donors (Lipinski definition) is 1. The van der Waals surface area contributed by atoms with E-state index < -0.39 is 25.5 Å². The van der Waals surface area contributed by atoms with Gasteiger partial charge in [-0.25, -0.2) is 13.4 Å². The molecule has 0 unspecified atom stereocenters. The molecule has 0 bridgehead atoms. The van der Waals surface area contributed by atoms with E-state index in [0.717, 1.165) is 18.3 Å². The van der Waals surface area contributed by atoms with Crippen LogP contribution in [0.3, 0.4) is 0 Å². The number of nitrogens with one attached hydrogen (secondary N) is 1. The number of hydrogen-bond acceptors (Lipinski definition) is 6. The van der Waals surface area contributed by atoms with Crippen molar-refractivity contribution in [2.24, 2.45) is 0 Å². The first-order chi connectivity index (χ1) is 9.79. The van der Waals surface area contributed by atoms with E-state index >= 15 is 0 Å². The molecule has 8 nitrogen and oxygen atoms in total. The molecule has 0 saturated carbocycles. The number of nitro benzene ring substituents is 1. The minimum absolute atomic E-state index is 0.0270. The zero-order valence-corrected chi connectivity index (χ0v) is 12.4. The van der Waals surface area contributed by atoms with E-state index in [9.17, 15) is 18.5 Å². The Kier molecular flexibility index (Phi) is 4.26. The zero-order valence-electron chi connectivity index (χ0n) is 10.0. The lowest BCUT2D eigenvalue weighted by Crippen LogP contribution is -2.15. The fraction of sp³-hybridized carbons (Fsp3) is 0. The van der Waals surface area contributed by atoms with E-state index in [0.29, 0.717) is 0 Å². The quantitative estimate of drug-likeness (QED) is 0.670. The van der Waals surface area contributed by atoms with Crippen LogP contribution < -0.4 is 4.72 Å². The molecule has 0 saturated heterocycles. The maximum atomic E-state index is 12.2. The van der Waals surface area contributed by atoms with Crippen LogP contribution in [0.5, 0.6) is 0 Å². The molecule has 0 amide bonds. The van der Waals surface area contributed by atoms with E-state index in [1.165, 1.54) is 12.3 Å². The van der Waals surface area contributed by atoms with Gasteiger partial charge in [0.2, 0.25) is 0 Å². The van der Waals surface area contributed by atoms with Crippen molar-refractivity contribution in [3.05, 3.63) is 50.9 Å². The van der Waals surface area contributed by atoms with Crippen molar-refractivity contribution in [3.8, 4) is 0 Å². The Labute approximate surface area is 128 Å². The van der Waals surface area contributed by atoms with Gasteiger partial charge in [0.25, 0.3) is 15.7 Å². The lowest BCUT2D eigenvalue weighted by molar-refractivity contribution is -0.387. The minimum atomic E-state index is -4.23. The molecule has 1 heterocycles. The van der Waals surface area contributed by atoms with Crippen molar-refractivity contribution < 1.29 is 13.3 Å². The molecule has 2 rings (SSSR count). The van der Waals surface area contributed by atoms with Crippen LogP contribution in [-0.4, -0.2) is 23.3 Å². The number of rotatable bonds is 4. The number of halogens is 2. The predicted octanol–water partition coefficient (Wildman–Crippen LogP) is 2.49. The molecule has 0 aliphatic heterocycles. The van der Waals surface area contributed by atoms with Gasteiger partial charge >= 0.3 is 0 Å². The second kappa shape index (κ2) is 5.80. The highest BCUT2D eigenvalue weighted by Crippen LogP contribution is 2.28. The lowest BCUT2D eigenvalue weighted by Gasteiger charge is -2.07. The van der Waals surface area contributed by atoms with Gasteiger partial charge in [-0.2, -0.15) is 0 Å². The Bertz CT molecular complexity index is 812.